The number of benzene rings is 2. The summed E-state index contributed by atoms with van der Waals surface area (Å²) in [6.45, 7) is 7.51. The molecule has 1 atom stereocenters. The van der Waals surface area contributed by atoms with Crippen LogP contribution in [0.25, 0.3) is 16.9 Å². The highest BCUT2D eigenvalue weighted by Crippen LogP contribution is 2.28. The van der Waals surface area contributed by atoms with Crippen molar-refractivity contribution in [3.63, 3.8) is 0 Å². The van der Waals surface area contributed by atoms with Gasteiger partial charge in [-0.2, -0.15) is 5.10 Å². The van der Waals surface area contributed by atoms with Gasteiger partial charge in [-0.25, -0.2) is 4.68 Å². The molecule has 0 radical (unpaired) electrons. The van der Waals surface area contributed by atoms with Gasteiger partial charge in [0.1, 0.15) is 5.75 Å². The van der Waals surface area contributed by atoms with E-state index in [1.807, 2.05) is 48.9 Å². The van der Waals surface area contributed by atoms with Crippen LogP contribution in [0.4, 0.5) is 0 Å². The molecule has 2 aromatic carbocycles. The Morgan fingerprint density at radius 1 is 1.15 bits per heavy atom. The van der Waals surface area contributed by atoms with Crippen molar-refractivity contribution in [3.8, 4) is 22.7 Å². The van der Waals surface area contributed by atoms with Crippen molar-refractivity contribution >= 4 is 5.91 Å². The minimum atomic E-state index is 0.0283. The second kappa shape index (κ2) is 10.7. The van der Waals surface area contributed by atoms with Gasteiger partial charge in [-0.1, -0.05) is 32.0 Å². The summed E-state index contributed by atoms with van der Waals surface area (Å²) in [6, 6.07) is 18.3. The molecule has 1 N–H and O–H groups in total. The molecule has 3 aromatic rings. The Hall–Kier alpha value is -3.12. The highest BCUT2D eigenvalue weighted by atomic mass is 16.5. The predicted octanol–water partition coefficient (Wildman–Crippen LogP) is 4.53. The minimum absolute atomic E-state index is 0.0283. The Labute approximate surface area is 196 Å². The molecule has 0 aliphatic carbocycles. The van der Waals surface area contributed by atoms with Gasteiger partial charge in [-0.3, -0.25) is 9.69 Å². The average molecular weight is 447 g/mol. The number of likely N-dealkylation sites (tertiary alicyclic amines) is 1. The number of para-hydroxylation sites is 1. The number of aromatic nitrogens is 2. The van der Waals surface area contributed by atoms with Crippen LogP contribution in [-0.4, -0.2) is 47.3 Å². The zero-order chi connectivity index (χ0) is 23.2. The first-order chi connectivity index (χ1) is 16.0. The molecule has 2 heterocycles. The normalized spacial score (nSPS) is 16.7. The Balaban J connectivity index is 1.54. The topological polar surface area (TPSA) is 59.4 Å². The Morgan fingerprint density at radius 3 is 2.61 bits per heavy atom. The molecule has 33 heavy (non-hydrogen) atoms. The van der Waals surface area contributed by atoms with Crippen molar-refractivity contribution in [1.82, 2.24) is 20.0 Å². The van der Waals surface area contributed by atoms with Gasteiger partial charge in [0.15, 0.2) is 0 Å². The van der Waals surface area contributed by atoms with E-state index in [4.69, 9.17) is 9.84 Å². The monoisotopic (exact) mass is 446 g/mol. The number of rotatable bonds is 8. The van der Waals surface area contributed by atoms with Gasteiger partial charge >= 0.3 is 0 Å². The summed E-state index contributed by atoms with van der Waals surface area (Å²) in [5, 5.41) is 8.08. The lowest BCUT2D eigenvalue weighted by atomic mass is 9.97. The highest BCUT2D eigenvalue weighted by Gasteiger charge is 2.23. The molecule has 6 nitrogen and oxygen atoms in total. The molecular formula is C27H34N4O2. The second-order valence-electron chi connectivity index (χ2n) is 9.15. The zero-order valence-corrected chi connectivity index (χ0v) is 19.8. The van der Waals surface area contributed by atoms with E-state index in [-0.39, 0.29) is 11.8 Å². The predicted molar refractivity (Wildman–Crippen MR) is 131 cm³/mol. The second-order valence-corrected chi connectivity index (χ2v) is 9.15. The largest absolute Gasteiger partial charge is 0.497 e. The maximum atomic E-state index is 12.0. The van der Waals surface area contributed by atoms with Crippen LogP contribution in [0.3, 0.4) is 0 Å². The number of ether oxygens (including phenoxy) is 1. The maximum absolute atomic E-state index is 12.0. The first-order valence-electron chi connectivity index (χ1n) is 11.8. The number of nitrogens with zero attached hydrogens (tertiary/aromatic N) is 3. The zero-order valence-electron chi connectivity index (χ0n) is 19.8. The van der Waals surface area contributed by atoms with Crippen molar-refractivity contribution in [2.75, 3.05) is 26.7 Å². The van der Waals surface area contributed by atoms with Gasteiger partial charge in [-0.15, -0.1) is 0 Å². The summed E-state index contributed by atoms with van der Waals surface area (Å²) in [4.78, 5) is 14.5. The Kier molecular flexibility index (Phi) is 7.45. The molecule has 1 amide bonds. The molecule has 1 aromatic heterocycles. The van der Waals surface area contributed by atoms with E-state index >= 15 is 0 Å². The summed E-state index contributed by atoms with van der Waals surface area (Å²) in [7, 11) is 1.68. The molecule has 1 unspecified atom stereocenters. The van der Waals surface area contributed by atoms with E-state index in [0.29, 0.717) is 5.92 Å². The number of carbonyl (C=O) groups excluding carboxylic acids is 1. The Morgan fingerprint density at radius 2 is 1.91 bits per heavy atom. The first kappa shape index (κ1) is 23.1. The van der Waals surface area contributed by atoms with Crippen LogP contribution in [0.5, 0.6) is 5.75 Å². The fourth-order valence-electron chi connectivity index (χ4n) is 4.38. The van der Waals surface area contributed by atoms with E-state index < -0.39 is 0 Å². The minimum Gasteiger partial charge on any atom is -0.497 e. The van der Waals surface area contributed by atoms with E-state index in [2.05, 4.69) is 40.7 Å². The van der Waals surface area contributed by atoms with E-state index in [1.54, 1.807) is 7.11 Å². The molecule has 1 aliphatic heterocycles. The quantitative estimate of drug-likeness (QED) is 0.552. The van der Waals surface area contributed by atoms with Crippen LogP contribution >= 0.6 is 0 Å². The molecule has 1 aliphatic rings. The van der Waals surface area contributed by atoms with Crippen molar-refractivity contribution in [2.24, 2.45) is 11.8 Å². The number of amides is 1. The van der Waals surface area contributed by atoms with Crippen molar-refractivity contribution < 1.29 is 9.53 Å². The number of carbonyl (C=O) groups is 1. The molecule has 1 saturated heterocycles. The van der Waals surface area contributed by atoms with Crippen LogP contribution in [0, 0.1) is 11.8 Å². The standard InChI is InChI=1S/C27H34N4O2/c1-20(2)27(32)28-16-21-8-7-15-30(17-21)18-23-19-31(24-9-5-4-6-10-24)29-26(23)22-11-13-25(33-3)14-12-22/h4-6,9-14,19-21H,7-8,15-18H2,1-3H3,(H,28,32). The maximum Gasteiger partial charge on any atom is 0.222 e. The van der Waals surface area contributed by atoms with Crippen LogP contribution in [0.15, 0.2) is 60.8 Å². The molecular weight excluding hydrogens is 412 g/mol. The highest BCUT2D eigenvalue weighted by molar-refractivity contribution is 5.77. The van der Waals surface area contributed by atoms with Gasteiger partial charge < -0.3 is 10.1 Å². The lowest BCUT2D eigenvalue weighted by Gasteiger charge is -2.32. The molecule has 0 bridgehead atoms. The van der Waals surface area contributed by atoms with Gasteiger partial charge in [0.25, 0.3) is 0 Å². The third kappa shape index (κ3) is 5.82. The van der Waals surface area contributed by atoms with Gasteiger partial charge in [0.05, 0.1) is 18.5 Å². The van der Waals surface area contributed by atoms with Crippen LogP contribution in [-0.2, 0) is 11.3 Å². The number of methoxy groups -OCH3 is 1. The lowest BCUT2D eigenvalue weighted by molar-refractivity contribution is -0.124. The van der Waals surface area contributed by atoms with Crippen molar-refractivity contribution in [1.29, 1.82) is 0 Å². The molecule has 1 fully saturated rings. The van der Waals surface area contributed by atoms with Crippen LogP contribution < -0.4 is 10.1 Å². The summed E-state index contributed by atoms with van der Waals surface area (Å²) in [5.41, 5.74) is 4.33. The number of piperidine rings is 1. The van der Waals surface area contributed by atoms with Crippen LogP contribution in [0.1, 0.15) is 32.3 Å². The molecule has 0 saturated carbocycles. The summed E-state index contributed by atoms with van der Waals surface area (Å²) in [5.74, 6) is 1.48. The van der Waals surface area contributed by atoms with Crippen molar-refractivity contribution in [2.45, 2.75) is 33.2 Å². The Bertz CT molecular complexity index is 1040. The number of hydrogen-bond donors (Lipinski definition) is 1. The van der Waals surface area contributed by atoms with Crippen LogP contribution in [0.2, 0.25) is 0 Å². The lowest BCUT2D eigenvalue weighted by Crippen LogP contribution is -2.41. The molecule has 0 spiro atoms. The molecule has 174 valence electrons. The fraction of sp³-hybridized carbons (Fsp3) is 0.407. The van der Waals surface area contributed by atoms with E-state index in [1.165, 1.54) is 5.56 Å². The summed E-state index contributed by atoms with van der Waals surface area (Å²) < 4.78 is 7.31. The summed E-state index contributed by atoms with van der Waals surface area (Å²) >= 11 is 0. The SMILES string of the molecule is COc1ccc(-c2nn(-c3ccccc3)cc2CN2CCCC(CNC(=O)C(C)C)C2)cc1. The average Bonchev–Trinajstić information content (AvgIpc) is 3.27. The van der Waals surface area contributed by atoms with Gasteiger partial charge in [-0.05, 0) is 61.7 Å². The number of nitrogens with one attached hydrogen (secondary N) is 1. The third-order valence-electron chi connectivity index (χ3n) is 6.26. The molecule has 6 heteroatoms. The molecule has 4 rings (SSSR count). The van der Waals surface area contributed by atoms with Gasteiger partial charge in [0.2, 0.25) is 5.91 Å². The first-order valence-corrected chi connectivity index (χ1v) is 11.8. The van der Waals surface area contributed by atoms with Gasteiger partial charge in [0, 0.05) is 42.9 Å². The third-order valence-corrected chi connectivity index (χ3v) is 6.26. The van der Waals surface area contributed by atoms with E-state index in [0.717, 1.165) is 61.7 Å². The smallest absolute Gasteiger partial charge is 0.222 e. The number of hydrogen-bond acceptors (Lipinski definition) is 4. The fourth-order valence-corrected chi connectivity index (χ4v) is 4.38. The van der Waals surface area contributed by atoms with Crippen molar-refractivity contribution in [3.05, 3.63) is 66.4 Å². The summed E-state index contributed by atoms with van der Waals surface area (Å²) in [6.07, 6.45) is 4.45. The van der Waals surface area contributed by atoms with E-state index in [9.17, 15) is 4.79 Å².